The first-order chi connectivity index (χ1) is 33.3. The molecule has 2 aliphatic heterocycles. The second kappa shape index (κ2) is 20.7. The van der Waals surface area contributed by atoms with Crippen LogP contribution in [0, 0.1) is 0 Å². The first kappa shape index (κ1) is 45.8. The highest BCUT2D eigenvalue weighted by Gasteiger charge is 2.54. The summed E-state index contributed by atoms with van der Waals surface area (Å²) in [4.78, 5) is 54.9. The molecule has 0 radical (unpaired) electrons. The van der Waals surface area contributed by atoms with Crippen molar-refractivity contribution in [1.82, 2.24) is 15.2 Å². The van der Waals surface area contributed by atoms with Gasteiger partial charge in [0.15, 0.2) is 10.8 Å². The second-order valence-electron chi connectivity index (χ2n) is 16.0. The predicted octanol–water partition coefficient (Wildman–Crippen LogP) is 8.66. The summed E-state index contributed by atoms with van der Waals surface area (Å²) in [5.41, 5.74) is 3.13. The number of nitrogens with zero attached hydrogens (tertiary/aromatic N) is 3. The van der Waals surface area contributed by atoms with Crippen molar-refractivity contribution in [1.29, 1.82) is 0 Å². The number of carboxylic acid groups (broad SMARTS) is 1. The molecule has 1 fully saturated rings. The van der Waals surface area contributed by atoms with E-state index in [9.17, 15) is 14.7 Å². The standard InChI is InChI=1S/C54H47N5O7S2/c1-64-32-33-65-34-37-35-67-50-46(49(61)59(50)47(37)51(62)63)56-48(60)45(58-66-54(41-26-14-5-15-27-41,42-28-16-6-17-29-42)43-30-18-7-19-31-43)44-36-68-52(55-44)57-53(38-20-8-2-9-21-38,39-22-10-3-11-23-39)40-24-12-4-13-25-40/h2-31,36,46,50H,32-35H2,1H3,(H,55,57)(H,56,60)(H,62,63)/b58-45-/t46?,50-/m0/s1. The molecule has 1 unspecified atom stereocenters. The number of oxime groups is 1. The molecule has 9 rings (SSSR count). The number of β-lactam (4-membered cyclic amide) rings is 1. The van der Waals surface area contributed by atoms with Crippen LogP contribution in [-0.4, -0.2) is 82.6 Å². The number of carboxylic acids is 1. The smallest absolute Gasteiger partial charge is 0.352 e. The van der Waals surface area contributed by atoms with Gasteiger partial charge in [-0.25, -0.2) is 9.78 Å². The maximum absolute atomic E-state index is 15.0. The van der Waals surface area contributed by atoms with Crippen LogP contribution in [0.1, 0.15) is 39.1 Å². The molecule has 1 saturated heterocycles. The summed E-state index contributed by atoms with van der Waals surface area (Å²) in [6, 6.07) is 58.2. The quantitative estimate of drug-likeness (QED) is 0.0236. The minimum Gasteiger partial charge on any atom is -0.477 e. The maximum Gasteiger partial charge on any atom is 0.352 e. The molecule has 342 valence electrons. The van der Waals surface area contributed by atoms with E-state index in [-0.39, 0.29) is 36.1 Å². The molecule has 6 aromatic carbocycles. The van der Waals surface area contributed by atoms with Crippen molar-refractivity contribution in [2.45, 2.75) is 22.6 Å². The van der Waals surface area contributed by atoms with Gasteiger partial charge in [-0.1, -0.05) is 187 Å². The lowest BCUT2D eigenvalue weighted by atomic mass is 9.77. The van der Waals surface area contributed by atoms with Crippen LogP contribution in [0.2, 0.25) is 0 Å². The zero-order chi connectivity index (χ0) is 46.9. The Bertz CT molecular complexity index is 2710. The number of anilines is 1. The summed E-state index contributed by atoms with van der Waals surface area (Å²) < 4.78 is 10.7. The van der Waals surface area contributed by atoms with Gasteiger partial charge in [0.05, 0.1) is 19.8 Å². The van der Waals surface area contributed by atoms with Crippen molar-refractivity contribution in [2.75, 3.05) is 38.0 Å². The lowest BCUT2D eigenvalue weighted by Crippen LogP contribution is -2.71. The fraction of sp³-hybridized carbons (Fsp3) is 0.167. The number of ether oxygens (including phenoxy) is 2. The second-order valence-corrected chi connectivity index (χ2v) is 17.9. The minimum atomic E-state index is -1.36. The average Bonchev–Trinajstić information content (AvgIpc) is 3.86. The predicted molar refractivity (Wildman–Crippen MR) is 264 cm³/mol. The first-order valence-electron chi connectivity index (χ1n) is 22.0. The van der Waals surface area contributed by atoms with E-state index in [1.165, 1.54) is 28.0 Å². The van der Waals surface area contributed by atoms with Gasteiger partial charge < -0.3 is 30.1 Å². The normalized spacial score (nSPS) is 16.1. The molecule has 2 aliphatic rings. The van der Waals surface area contributed by atoms with Crippen LogP contribution in [0.15, 0.2) is 204 Å². The summed E-state index contributed by atoms with van der Waals surface area (Å²) in [5, 5.41) is 23.3. The lowest BCUT2D eigenvalue weighted by Gasteiger charge is -2.49. The Morgan fingerprint density at radius 1 is 0.721 bits per heavy atom. The lowest BCUT2D eigenvalue weighted by molar-refractivity contribution is -0.150. The van der Waals surface area contributed by atoms with Crippen LogP contribution in [0.5, 0.6) is 0 Å². The SMILES string of the molecule is COCCOCC1=C(C(=O)O)N2C(=O)C(NC(=O)/C(=N\OC(c3ccccc3)(c3ccccc3)c3ccccc3)c3csc(NC(c4ccccc4)(c4ccccc4)c4ccccc4)n3)[C@@H]2SC1. The highest BCUT2D eigenvalue weighted by atomic mass is 32.2. The highest BCUT2D eigenvalue weighted by Crippen LogP contribution is 2.44. The Balaban J connectivity index is 1.14. The zero-order valence-electron chi connectivity index (χ0n) is 36.9. The molecule has 14 heteroatoms. The van der Waals surface area contributed by atoms with E-state index in [2.05, 4.69) is 47.0 Å². The van der Waals surface area contributed by atoms with Gasteiger partial charge in [-0.05, 0) is 22.3 Å². The van der Waals surface area contributed by atoms with Gasteiger partial charge in [0.25, 0.3) is 11.8 Å². The highest BCUT2D eigenvalue weighted by molar-refractivity contribution is 8.00. The number of aliphatic carboxylic acids is 1. The summed E-state index contributed by atoms with van der Waals surface area (Å²) in [6.07, 6.45) is 0. The number of nitrogens with one attached hydrogen (secondary N) is 2. The number of carbonyl (C=O) groups is 3. The molecular formula is C54H47N5O7S2. The van der Waals surface area contributed by atoms with E-state index in [1.54, 1.807) is 12.5 Å². The summed E-state index contributed by atoms with van der Waals surface area (Å²) in [6.45, 7) is 0.618. The molecule has 68 heavy (non-hydrogen) atoms. The monoisotopic (exact) mass is 941 g/mol. The molecule has 3 heterocycles. The van der Waals surface area contributed by atoms with E-state index in [0.29, 0.717) is 17.3 Å². The number of hydrogen-bond donors (Lipinski definition) is 3. The molecule has 2 amide bonds. The Morgan fingerprint density at radius 3 is 1.65 bits per heavy atom. The number of methoxy groups -OCH3 is 1. The average molecular weight is 942 g/mol. The molecule has 7 aromatic rings. The van der Waals surface area contributed by atoms with E-state index < -0.39 is 40.3 Å². The first-order valence-corrected chi connectivity index (χ1v) is 23.9. The molecular weight excluding hydrogens is 895 g/mol. The fourth-order valence-electron chi connectivity index (χ4n) is 8.72. The van der Waals surface area contributed by atoms with Crippen LogP contribution < -0.4 is 10.6 Å². The third-order valence-electron chi connectivity index (χ3n) is 11.9. The van der Waals surface area contributed by atoms with Gasteiger partial charge in [-0.15, -0.1) is 23.1 Å². The van der Waals surface area contributed by atoms with Gasteiger partial charge in [0, 0.05) is 34.9 Å². The Kier molecular flexibility index (Phi) is 13.9. The number of rotatable bonds is 19. The molecule has 1 aromatic heterocycles. The van der Waals surface area contributed by atoms with E-state index in [0.717, 1.165) is 33.4 Å². The zero-order valence-corrected chi connectivity index (χ0v) is 38.6. The largest absolute Gasteiger partial charge is 0.477 e. The minimum absolute atomic E-state index is 0.0198. The number of aromatic nitrogens is 1. The number of hydrogen-bond acceptors (Lipinski definition) is 11. The fourth-order valence-corrected chi connectivity index (χ4v) is 10.8. The molecule has 2 atom stereocenters. The summed E-state index contributed by atoms with van der Waals surface area (Å²) >= 11 is 2.63. The van der Waals surface area contributed by atoms with Crippen molar-refractivity contribution in [2.24, 2.45) is 5.16 Å². The molecule has 0 saturated carbocycles. The number of fused-ring (bicyclic) bond motifs is 1. The van der Waals surface area contributed by atoms with E-state index in [1.807, 2.05) is 146 Å². The van der Waals surface area contributed by atoms with Crippen LogP contribution in [0.4, 0.5) is 5.13 Å². The topological polar surface area (TPSA) is 152 Å². The Hall–Kier alpha value is -7.36. The number of carbonyl (C=O) groups excluding carboxylic acids is 2. The van der Waals surface area contributed by atoms with Crippen LogP contribution in [0.3, 0.4) is 0 Å². The van der Waals surface area contributed by atoms with Gasteiger partial charge in [0.1, 0.15) is 28.3 Å². The van der Waals surface area contributed by atoms with Crippen molar-refractivity contribution < 1.29 is 33.8 Å². The van der Waals surface area contributed by atoms with Gasteiger partial charge in [0.2, 0.25) is 5.60 Å². The van der Waals surface area contributed by atoms with Crippen LogP contribution in [-0.2, 0) is 39.8 Å². The maximum atomic E-state index is 15.0. The van der Waals surface area contributed by atoms with Gasteiger partial charge >= 0.3 is 5.97 Å². The Labute approximate surface area is 402 Å². The summed E-state index contributed by atoms with van der Waals surface area (Å²) in [7, 11) is 1.55. The molecule has 3 N–H and O–H groups in total. The molecule has 0 spiro atoms. The third-order valence-corrected chi connectivity index (χ3v) is 14.0. The van der Waals surface area contributed by atoms with Gasteiger partial charge in [-0.2, -0.15) is 0 Å². The van der Waals surface area contributed by atoms with Crippen molar-refractivity contribution in [3.63, 3.8) is 0 Å². The third kappa shape index (κ3) is 8.94. The number of amides is 2. The molecule has 0 bridgehead atoms. The summed E-state index contributed by atoms with van der Waals surface area (Å²) in [5.74, 6) is -2.29. The van der Waals surface area contributed by atoms with Crippen LogP contribution in [0.25, 0.3) is 0 Å². The Morgan fingerprint density at radius 2 is 1.19 bits per heavy atom. The molecule has 12 nitrogen and oxygen atoms in total. The van der Waals surface area contributed by atoms with E-state index >= 15 is 4.79 Å². The van der Waals surface area contributed by atoms with Crippen LogP contribution >= 0.6 is 23.1 Å². The van der Waals surface area contributed by atoms with Gasteiger partial charge in [-0.3, -0.25) is 14.5 Å². The number of benzene rings is 6. The van der Waals surface area contributed by atoms with Crippen molar-refractivity contribution in [3.8, 4) is 0 Å². The molecule has 0 aliphatic carbocycles. The van der Waals surface area contributed by atoms with E-state index in [4.69, 9.17) is 24.5 Å². The van der Waals surface area contributed by atoms with Crippen molar-refractivity contribution in [3.05, 3.63) is 238 Å². The van der Waals surface area contributed by atoms with Crippen molar-refractivity contribution >= 4 is 51.7 Å². The number of thioether (sulfide) groups is 1. The number of thiazole rings is 1.